The summed E-state index contributed by atoms with van der Waals surface area (Å²) < 4.78 is 118. The fourth-order valence-corrected chi connectivity index (χ4v) is 4.85. The summed E-state index contributed by atoms with van der Waals surface area (Å²) in [5.74, 6) is -8.79. The Morgan fingerprint density at radius 1 is 0.776 bits per heavy atom. The Bertz CT molecular complexity index is 1490. The van der Waals surface area contributed by atoms with Crippen LogP contribution in [-0.2, 0) is 46.6 Å². The Morgan fingerprint density at radius 2 is 1.22 bits per heavy atom. The molecule has 0 aromatic heterocycles. The van der Waals surface area contributed by atoms with Crippen molar-refractivity contribution in [3.63, 3.8) is 0 Å². The number of ether oxygens (including phenoxy) is 2. The average Bonchev–Trinajstić information content (AvgIpc) is 2.96. The minimum Gasteiger partial charge on any atom is -0.461 e. The summed E-state index contributed by atoms with van der Waals surface area (Å²) in [5, 5.41) is 0. The molecular weight excluding hydrogens is 766 g/mol. The molecule has 49 heavy (non-hydrogen) atoms. The van der Waals surface area contributed by atoms with Gasteiger partial charge in [-0.15, -0.1) is 0 Å². The van der Waals surface area contributed by atoms with Gasteiger partial charge in [0.1, 0.15) is 28.2 Å². The fraction of sp³-hybridized carbons (Fsp3) is 0.531. The number of nitrogens with one attached hydrogen (secondary N) is 1. The maximum atomic E-state index is 14.8. The van der Waals surface area contributed by atoms with Crippen LogP contribution in [0.3, 0.4) is 0 Å². The lowest BCUT2D eigenvalue weighted by Gasteiger charge is -2.38. The number of carbonyl (C=O) groups excluding carboxylic acids is 2. The van der Waals surface area contributed by atoms with Crippen molar-refractivity contribution in [3.8, 4) is 0 Å². The van der Waals surface area contributed by atoms with E-state index in [0.29, 0.717) is 11.3 Å². The minimum atomic E-state index is -4.15. The summed E-state index contributed by atoms with van der Waals surface area (Å²) in [5.41, 5.74) is -2.16. The van der Waals surface area contributed by atoms with Gasteiger partial charge in [0.25, 0.3) is 0 Å². The molecule has 8 nitrogen and oxygen atoms in total. The van der Waals surface area contributed by atoms with Gasteiger partial charge in [0.15, 0.2) is 0 Å². The lowest BCUT2D eigenvalue weighted by molar-refractivity contribution is -0.183. The molecule has 0 saturated carbocycles. The summed E-state index contributed by atoms with van der Waals surface area (Å²) in [7, 11) is -3.34. The van der Waals surface area contributed by atoms with Crippen LogP contribution in [-0.4, -0.2) is 59.5 Å². The van der Waals surface area contributed by atoms with Gasteiger partial charge >= 0.3 is 22.7 Å². The summed E-state index contributed by atoms with van der Waals surface area (Å²) in [6.45, 7) is 15.4. The molecule has 0 saturated heterocycles. The van der Waals surface area contributed by atoms with E-state index in [1.807, 2.05) is 36.7 Å². The first-order chi connectivity index (χ1) is 22.2. The van der Waals surface area contributed by atoms with E-state index in [0.717, 1.165) is 19.1 Å². The number of esters is 2. The topological polar surface area (TPSA) is 111 Å². The van der Waals surface area contributed by atoms with Crippen molar-refractivity contribution in [3.05, 3.63) is 71.3 Å². The van der Waals surface area contributed by atoms with Crippen LogP contribution >= 0.6 is 15.9 Å². The molecule has 2 rings (SSSR count). The Balaban J connectivity index is 0.000000790. The standard InChI is InChI=1S/C16H22F3NO3S.C12H16FNOS.C4H5BrF2O2/c1-6-23-13(21)16(18,19)15(5,20-24(22)14(2,3)4)11-9-7-8-10-12(11)17;1-9(14-16(15)12(2,3)4)10-7-5-6-8-11(10)13;1-2-9-3(8)4(5,6)7/h7-10,20H,6H2,1-5H3;5-8H,1-4H3;2H2,1H3/t15-,24?;16-;/m11./s1. The van der Waals surface area contributed by atoms with Crippen LogP contribution in [0.2, 0.25) is 0 Å². The first-order valence-corrected chi connectivity index (χ1v) is 17.7. The van der Waals surface area contributed by atoms with Gasteiger partial charge in [-0.3, -0.25) is 0 Å². The zero-order valence-corrected chi connectivity index (χ0v) is 32.1. The molecule has 278 valence electrons. The quantitative estimate of drug-likeness (QED) is 0.113. The molecule has 0 amide bonds. The normalized spacial score (nSPS) is 14.9. The molecule has 1 N–H and O–H groups in total. The Labute approximate surface area is 297 Å². The van der Waals surface area contributed by atoms with Crippen LogP contribution in [0.1, 0.15) is 80.4 Å². The van der Waals surface area contributed by atoms with E-state index in [1.54, 1.807) is 45.9 Å². The van der Waals surface area contributed by atoms with Crippen LogP contribution < -0.4 is 4.72 Å². The molecule has 3 atom stereocenters. The monoisotopic (exact) mass is 808 g/mol. The number of alkyl halides is 5. The maximum Gasteiger partial charge on any atom is 0.395 e. The largest absolute Gasteiger partial charge is 0.461 e. The van der Waals surface area contributed by atoms with E-state index >= 15 is 0 Å². The lowest BCUT2D eigenvalue weighted by Crippen LogP contribution is -2.60. The van der Waals surface area contributed by atoms with Gasteiger partial charge in [0, 0.05) is 27.1 Å². The number of nitrogens with zero attached hydrogens (tertiary/aromatic N) is 1. The van der Waals surface area contributed by atoms with Gasteiger partial charge in [-0.1, -0.05) is 36.4 Å². The molecule has 0 spiro atoms. The number of benzene rings is 2. The predicted molar refractivity (Wildman–Crippen MR) is 183 cm³/mol. The SMILES string of the molecule is CC(=N[S@](=O)C(C)(C)C)c1ccccc1F.CCOC(=O)C(F)(F)Br.CCOC(=O)C(F)(F)[C@](C)(NS(=O)C(C)(C)C)c1ccccc1F. The summed E-state index contributed by atoms with van der Waals surface area (Å²) in [6, 6.07) is 11.2. The first-order valence-electron chi connectivity index (χ1n) is 14.6. The van der Waals surface area contributed by atoms with E-state index in [4.69, 9.17) is 0 Å². The summed E-state index contributed by atoms with van der Waals surface area (Å²) >= 11 is 1.84. The van der Waals surface area contributed by atoms with Crippen LogP contribution in [0.15, 0.2) is 52.9 Å². The number of rotatable bonds is 10. The Morgan fingerprint density at radius 3 is 1.61 bits per heavy atom. The van der Waals surface area contributed by atoms with Crippen LogP contribution in [0.25, 0.3) is 0 Å². The van der Waals surface area contributed by atoms with Gasteiger partial charge in [-0.2, -0.15) is 22.0 Å². The second-order valence-electron chi connectivity index (χ2n) is 12.1. The van der Waals surface area contributed by atoms with E-state index < -0.39 is 71.1 Å². The van der Waals surface area contributed by atoms with Gasteiger partial charge in [0.2, 0.25) is 0 Å². The van der Waals surface area contributed by atoms with Gasteiger partial charge < -0.3 is 9.47 Å². The molecule has 2 aromatic rings. The lowest BCUT2D eigenvalue weighted by atomic mass is 9.86. The van der Waals surface area contributed by atoms with E-state index in [-0.39, 0.29) is 19.0 Å². The molecular formula is C32H43BrF6N2O6S2. The molecule has 2 aromatic carbocycles. The third-order valence-electron chi connectivity index (χ3n) is 5.94. The Hall–Kier alpha value is -2.63. The maximum absolute atomic E-state index is 14.8. The minimum absolute atomic E-state index is 0.0416. The second kappa shape index (κ2) is 19.1. The molecule has 0 fully saturated rings. The Kier molecular flexibility index (Phi) is 18.1. The predicted octanol–water partition coefficient (Wildman–Crippen LogP) is 7.93. The van der Waals surface area contributed by atoms with E-state index in [2.05, 4.69) is 18.6 Å². The van der Waals surface area contributed by atoms with Crippen LogP contribution in [0.5, 0.6) is 0 Å². The van der Waals surface area contributed by atoms with Crippen molar-refractivity contribution in [2.75, 3.05) is 13.2 Å². The molecule has 0 bridgehead atoms. The molecule has 0 heterocycles. The molecule has 0 aliphatic heterocycles. The molecule has 0 aliphatic rings. The van der Waals surface area contributed by atoms with Gasteiger partial charge in [-0.05, 0) is 81.4 Å². The van der Waals surface area contributed by atoms with Crippen molar-refractivity contribution >= 4 is 55.6 Å². The zero-order chi connectivity index (χ0) is 38.6. The number of hydrogen-bond acceptors (Lipinski definition) is 6. The van der Waals surface area contributed by atoms with Crippen molar-refractivity contribution in [1.29, 1.82) is 0 Å². The average molecular weight is 810 g/mol. The van der Waals surface area contributed by atoms with Crippen LogP contribution in [0, 0.1) is 11.6 Å². The highest BCUT2D eigenvalue weighted by Crippen LogP contribution is 2.40. The van der Waals surface area contributed by atoms with Gasteiger partial charge in [0.05, 0.1) is 39.4 Å². The molecule has 0 aliphatic carbocycles. The highest BCUT2D eigenvalue weighted by atomic mass is 79.9. The highest BCUT2D eigenvalue weighted by Gasteiger charge is 2.60. The zero-order valence-electron chi connectivity index (χ0n) is 28.9. The van der Waals surface area contributed by atoms with E-state index in [9.17, 15) is 44.3 Å². The molecule has 0 radical (unpaired) electrons. The van der Waals surface area contributed by atoms with Crippen LogP contribution in [0.4, 0.5) is 26.3 Å². The number of hydrogen-bond donors (Lipinski definition) is 1. The van der Waals surface area contributed by atoms with Gasteiger partial charge in [-0.25, -0.2) is 31.5 Å². The summed E-state index contributed by atoms with van der Waals surface area (Å²) in [6.07, 6.45) is 0. The smallest absolute Gasteiger partial charge is 0.395 e. The highest BCUT2D eigenvalue weighted by molar-refractivity contribution is 9.10. The van der Waals surface area contributed by atoms with Crippen molar-refractivity contribution in [2.45, 2.75) is 95.0 Å². The third kappa shape index (κ3) is 14.3. The number of halogens is 7. The third-order valence-corrected chi connectivity index (χ3v) is 9.46. The fourth-order valence-electron chi connectivity index (χ4n) is 3.20. The molecule has 1 unspecified atom stereocenters. The first kappa shape index (κ1) is 46.4. The van der Waals surface area contributed by atoms with Crippen molar-refractivity contribution in [1.82, 2.24) is 4.72 Å². The molecule has 17 heteroatoms. The number of carbonyl (C=O) groups is 2. The van der Waals surface area contributed by atoms with Crippen molar-refractivity contribution < 1.29 is 53.8 Å². The van der Waals surface area contributed by atoms with Crippen molar-refractivity contribution in [2.24, 2.45) is 4.40 Å². The van der Waals surface area contributed by atoms with E-state index in [1.165, 1.54) is 32.0 Å². The second-order valence-corrected chi connectivity index (χ2v) is 17.0. The summed E-state index contributed by atoms with van der Waals surface area (Å²) in [4.78, 5) is 18.3.